The quantitative estimate of drug-likeness (QED) is 0.382. The fraction of sp³-hybridized carbons (Fsp3) is 0.647. The largest absolute Gasteiger partial charge is 0.381 e. The number of hydrogen-bond donors (Lipinski definition) is 1. The van der Waals surface area contributed by atoms with Gasteiger partial charge < -0.3 is 4.74 Å². The predicted octanol–water partition coefficient (Wildman–Crippen LogP) is 4.19. The van der Waals surface area contributed by atoms with E-state index in [1.165, 1.54) is 19.3 Å². The summed E-state index contributed by atoms with van der Waals surface area (Å²) in [6.07, 6.45) is 5.51. The summed E-state index contributed by atoms with van der Waals surface area (Å²) in [5, 5.41) is 0. The van der Waals surface area contributed by atoms with Crippen LogP contribution in [0.5, 0.6) is 0 Å². The Balaban J connectivity index is 2.22. The van der Waals surface area contributed by atoms with Gasteiger partial charge in [0, 0.05) is 23.3 Å². The SMILES string of the molecule is CCCCC(CC)COCCCNS(=O)(=O)c1ccc(I)cc1. The summed E-state index contributed by atoms with van der Waals surface area (Å²) in [7, 11) is -3.41. The Hall–Kier alpha value is -0.180. The first kappa shape index (κ1) is 20.9. The minimum Gasteiger partial charge on any atom is -0.381 e. The molecule has 132 valence electrons. The molecular weight excluding hydrogens is 425 g/mol. The molecule has 23 heavy (non-hydrogen) atoms. The Kier molecular flexibility index (Phi) is 10.3. The van der Waals surface area contributed by atoms with Gasteiger partial charge in [-0.25, -0.2) is 13.1 Å². The van der Waals surface area contributed by atoms with Gasteiger partial charge >= 0.3 is 0 Å². The fourth-order valence-electron chi connectivity index (χ4n) is 2.23. The van der Waals surface area contributed by atoms with E-state index in [1.807, 2.05) is 0 Å². The fourth-order valence-corrected chi connectivity index (χ4v) is 3.66. The second kappa shape index (κ2) is 11.4. The minimum atomic E-state index is -3.41. The number of nitrogens with one attached hydrogen (secondary N) is 1. The van der Waals surface area contributed by atoms with E-state index in [4.69, 9.17) is 4.74 Å². The van der Waals surface area contributed by atoms with Crippen molar-refractivity contribution in [3.05, 3.63) is 27.8 Å². The summed E-state index contributed by atoms with van der Waals surface area (Å²) in [5.74, 6) is 0.624. The van der Waals surface area contributed by atoms with Crippen LogP contribution in [0.1, 0.15) is 46.0 Å². The first-order chi connectivity index (χ1) is 11.0. The highest BCUT2D eigenvalue weighted by molar-refractivity contribution is 14.1. The van der Waals surface area contributed by atoms with E-state index in [0.29, 0.717) is 30.4 Å². The van der Waals surface area contributed by atoms with Gasteiger partial charge in [-0.2, -0.15) is 0 Å². The highest BCUT2D eigenvalue weighted by Gasteiger charge is 2.12. The third kappa shape index (κ3) is 8.47. The zero-order valence-electron chi connectivity index (χ0n) is 14.1. The van der Waals surface area contributed by atoms with Crippen molar-refractivity contribution in [2.24, 2.45) is 5.92 Å². The molecule has 0 fully saturated rings. The maximum Gasteiger partial charge on any atom is 0.240 e. The third-order valence-corrected chi connectivity index (χ3v) is 5.97. The molecule has 4 nitrogen and oxygen atoms in total. The van der Waals surface area contributed by atoms with E-state index in [0.717, 1.165) is 16.6 Å². The smallest absolute Gasteiger partial charge is 0.240 e. The van der Waals surface area contributed by atoms with Crippen LogP contribution >= 0.6 is 22.6 Å². The standard InChI is InChI=1S/C17H28INO3S/c1-3-5-7-15(4-2)14-22-13-6-12-19-23(20,21)17-10-8-16(18)9-11-17/h8-11,15,19H,3-7,12-14H2,1-2H3. The van der Waals surface area contributed by atoms with E-state index < -0.39 is 10.0 Å². The van der Waals surface area contributed by atoms with Crippen molar-refractivity contribution < 1.29 is 13.2 Å². The van der Waals surface area contributed by atoms with E-state index in [2.05, 4.69) is 41.2 Å². The molecule has 0 amide bonds. The highest BCUT2D eigenvalue weighted by Crippen LogP contribution is 2.13. The average Bonchev–Trinajstić information content (AvgIpc) is 2.54. The van der Waals surface area contributed by atoms with E-state index in [-0.39, 0.29) is 0 Å². The van der Waals surface area contributed by atoms with E-state index in [9.17, 15) is 8.42 Å². The Morgan fingerprint density at radius 3 is 2.48 bits per heavy atom. The van der Waals surface area contributed by atoms with Gasteiger partial charge in [0.25, 0.3) is 0 Å². The van der Waals surface area contributed by atoms with Gasteiger partial charge in [-0.1, -0.05) is 33.1 Å². The van der Waals surface area contributed by atoms with Crippen LogP contribution in [0.25, 0.3) is 0 Å². The molecule has 0 spiro atoms. The lowest BCUT2D eigenvalue weighted by molar-refractivity contribution is 0.0928. The van der Waals surface area contributed by atoms with Gasteiger partial charge in [0.05, 0.1) is 4.90 Å². The number of halogens is 1. The summed E-state index contributed by atoms with van der Waals surface area (Å²) < 4.78 is 33.5. The minimum absolute atomic E-state index is 0.310. The molecule has 0 bridgehead atoms. The van der Waals surface area contributed by atoms with Crippen molar-refractivity contribution in [3.8, 4) is 0 Å². The van der Waals surface area contributed by atoms with Gasteiger partial charge in [-0.05, 0) is 65.6 Å². The second-order valence-electron chi connectivity index (χ2n) is 5.70. The van der Waals surface area contributed by atoms with Crippen LogP contribution in [0.4, 0.5) is 0 Å². The first-order valence-corrected chi connectivity index (χ1v) is 10.9. The number of ether oxygens (including phenoxy) is 1. The maximum atomic E-state index is 12.1. The Morgan fingerprint density at radius 1 is 1.17 bits per heavy atom. The molecular formula is C17H28INO3S. The van der Waals surface area contributed by atoms with Crippen LogP contribution in [-0.2, 0) is 14.8 Å². The van der Waals surface area contributed by atoms with Crippen molar-refractivity contribution in [2.45, 2.75) is 50.8 Å². The van der Waals surface area contributed by atoms with Crippen molar-refractivity contribution in [1.82, 2.24) is 4.72 Å². The molecule has 0 aliphatic carbocycles. The van der Waals surface area contributed by atoms with Gasteiger partial charge in [-0.15, -0.1) is 0 Å². The second-order valence-corrected chi connectivity index (χ2v) is 8.71. The molecule has 0 radical (unpaired) electrons. The molecule has 0 aliphatic heterocycles. The number of sulfonamides is 1. The lowest BCUT2D eigenvalue weighted by Gasteiger charge is -2.14. The van der Waals surface area contributed by atoms with E-state index >= 15 is 0 Å². The number of benzene rings is 1. The Bertz CT molecular complexity index is 531. The lowest BCUT2D eigenvalue weighted by Crippen LogP contribution is -2.25. The van der Waals surface area contributed by atoms with Crippen molar-refractivity contribution >= 4 is 32.6 Å². The first-order valence-electron chi connectivity index (χ1n) is 8.32. The molecule has 6 heteroatoms. The van der Waals surface area contributed by atoms with Crippen molar-refractivity contribution in [2.75, 3.05) is 19.8 Å². The average molecular weight is 453 g/mol. The van der Waals surface area contributed by atoms with Gasteiger partial charge in [0.2, 0.25) is 10.0 Å². The van der Waals surface area contributed by atoms with Crippen LogP contribution < -0.4 is 4.72 Å². The zero-order valence-corrected chi connectivity index (χ0v) is 17.0. The van der Waals surface area contributed by atoms with Crippen LogP contribution in [-0.4, -0.2) is 28.2 Å². The molecule has 0 aromatic heterocycles. The summed E-state index contributed by atoms with van der Waals surface area (Å²) in [5.41, 5.74) is 0. The monoisotopic (exact) mass is 453 g/mol. The molecule has 1 N–H and O–H groups in total. The maximum absolute atomic E-state index is 12.1. The van der Waals surface area contributed by atoms with Crippen LogP contribution in [0.15, 0.2) is 29.2 Å². The molecule has 0 heterocycles. The van der Waals surface area contributed by atoms with Crippen LogP contribution in [0.2, 0.25) is 0 Å². The third-order valence-electron chi connectivity index (χ3n) is 3.78. The lowest BCUT2D eigenvalue weighted by atomic mass is 10.0. The number of rotatable bonds is 12. The summed E-state index contributed by atoms with van der Waals surface area (Å²) >= 11 is 2.15. The summed E-state index contributed by atoms with van der Waals surface area (Å²) in [4.78, 5) is 0.310. The molecule has 0 saturated heterocycles. The Labute approximate surface area is 154 Å². The highest BCUT2D eigenvalue weighted by atomic mass is 127. The van der Waals surface area contributed by atoms with Crippen molar-refractivity contribution in [1.29, 1.82) is 0 Å². The number of hydrogen-bond acceptors (Lipinski definition) is 3. The van der Waals surface area contributed by atoms with Gasteiger partial charge in [0.1, 0.15) is 0 Å². The molecule has 1 atom stereocenters. The number of unbranched alkanes of at least 4 members (excludes halogenated alkanes) is 1. The van der Waals surface area contributed by atoms with Crippen LogP contribution in [0.3, 0.4) is 0 Å². The van der Waals surface area contributed by atoms with E-state index in [1.54, 1.807) is 24.3 Å². The summed E-state index contributed by atoms with van der Waals surface area (Å²) in [6.45, 7) is 6.17. The summed E-state index contributed by atoms with van der Waals surface area (Å²) in [6, 6.07) is 6.83. The normalized spacial score (nSPS) is 13.2. The topological polar surface area (TPSA) is 55.4 Å². The van der Waals surface area contributed by atoms with Gasteiger partial charge in [-0.3, -0.25) is 0 Å². The van der Waals surface area contributed by atoms with Crippen molar-refractivity contribution in [3.63, 3.8) is 0 Å². The molecule has 0 aliphatic rings. The molecule has 0 saturated carbocycles. The molecule has 1 aromatic rings. The Morgan fingerprint density at radius 2 is 1.87 bits per heavy atom. The predicted molar refractivity (Wildman–Crippen MR) is 103 cm³/mol. The molecule has 1 aromatic carbocycles. The van der Waals surface area contributed by atoms with Crippen LogP contribution in [0, 0.1) is 9.49 Å². The molecule has 1 unspecified atom stereocenters. The van der Waals surface area contributed by atoms with Gasteiger partial charge in [0.15, 0.2) is 0 Å². The molecule has 1 rings (SSSR count). The zero-order chi connectivity index (χ0) is 17.1.